The van der Waals surface area contributed by atoms with Crippen LogP contribution in [0.4, 0.5) is 0 Å². The van der Waals surface area contributed by atoms with Crippen molar-refractivity contribution in [2.24, 2.45) is 11.8 Å². The van der Waals surface area contributed by atoms with E-state index in [1.165, 1.54) is 6.92 Å². The highest BCUT2D eigenvalue weighted by Crippen LogP contribution is 2.51. The molecule has 3 saturated heterocycles. The number of fused-ring (bicyclic) bond motifs is 1. The van der Waals surface area contributed by atoms with Crippen LogP contribution in [0.15, 0.2) is 30.3 Å². The van der Waals surface area contributed by atoms with Crippen LogP contribution < -0.4 is 0 Å². The van der Waals surface area contributed by atoms with Crippen molar-refractivity contribution >= 4 is 17.9 Å². The molecule has 6 atom stereocenters. The average molecular weight is 360 g/mol. The maximum atomic E-state index is 12.9. The van der Waals surface area contributed by atoms with Crippen molar-refractivity contribution < 1.29 is 33.3 Å². The van der Waals surface area contributed by atoms with Gasteiger partial charge in [0.25, 0.3) is 0 Å². The molecular formula is C19H20O7. The molecule has 0 aliphatic carbocycles. The molecular weight excluding hydrogens is 340 g/mol. The van der Waals surface area contributed by atoms with Gasteiger partial charge in [-0.3, -0.25) is 14.4 Å². The van der Waals surface area contributed by atoms with Crippen molar-refractivity contribution in [2.75, 3.05) is 0 Å². The lowest BCUT2D eigenvalue weighted by molar-refractivity contribution is -0.171. The SMILES string of the molecule is CC(=O)OC1C2OC(=O)C3C2OC1C3C(=O)OC(C)(C)c1ccccc1. The second-order valence-electron chi connectivity index (χ2n) is 7.39. The first-order valence-electron chi connectivity index (χ1n) is 8.61. The maximum absolute atomic E-state index is 12.9. The smallest absolute Gasteiger partial charge is 0.313 e. The highest BCUT2D eigenvalue weighted by atomic mass is 16.7. The minimum absolute atomic E-state index is 0.503. The third-order valence-electron chi connectivity index (χ3n) is 5.30. The summed E-state index contributed by atoms with van der Waals surface area (Å²) in [6.07, 6.45) is -2.73. The quantitative estimate of drug-likeness (QED) is 0.591. The molecule has 1 aromatic carbocycles. The van der Waals surface area contributed by atoms with Crippen molar-refractivity contribution in [1.82, 2.24) is 0 Å². The van der Waals surface area contributed by atoms with E-state index in [4.69, 9.17) is 18.9 Å². The molecule has 0 amide bonds. The summed E-state index contributed by atoms with van der Waals surface area (Å²) < 4.78 is 22.1. The van der Waals surface area contributed by atoms with Crippen LogP contribution in [0.3, 0.4) is 0 Å². The van der Waals surface area contributed by atoms with Gasteiger partial charge in [0.05, 0.1) is 0 Å². The minimum Gasteiger partial charge on any atom is -0.456 e. The molecule has 0 saturated carbocycles. The van der Waals surface area contributed by atoms with E-state index in [1.807, 2.05) is 30.3 Å². The molecule has 0 radical (unpaired) electrons. The molecule has 3 heterocycles. The Morgan fingerprint density at radius 3 is 2.42 bits per heavy atom. The number of benzene rings is 1. The Bertz CT molecular complexity index is 756. The highest BCUT2D eigenvalue weighted by molar-refractivity contribution is 5.87. The lowest BCUT2D eigenvalue weighted by atomic mass is 9.78. The van der Waals surface area contributed by atoms with E-state index >= 15 is 0 Å². The zero-order chi connectivity index (χ0) is 18.6. The molecule has 0 spiro atoms. The topological polar surface area (TPSA) is 88.1 Å². The Labute approximate surface area is 150 Å². The molecule has 1 aromatic rings. The van der Waals surface area contributed by atoms with E-state index in [2.05, 4.69) is 0 Å². The molecule has 4 rings (SSSR count). The summed E-state index contributed by atoms with van der Waals surface area (Å²) in [6.45, 7) is 4.84. The van der Waals surface area contributed by atoms with Crippen molar-refractivity contribution in [2.45, 2.75) is 50.8 Å². The number of ether oxygens (including phenoxy) is 4. The van der Waals surface area contributed by atoms with Gasteiger partial charge < -0.3 is 18.9 Å². The summed E-state index contributed by atoms with van der Waals surface area (Å²) in [5, 5.41) is 0. The fourth-order valence-electron chi connectivity index (χ4n) is 4.15. The lowest BCUT2D eigenvalue weighted by Gasteiger charge is -2.31. The molecule has 0 N–H and O–H groups in total. The van der Waals surface area contributed by atoms with Crippen molar-refractivity contribution in [3.8, 4) is 0 Å². The Hall–Kier alpha value is -2.41. The molecule has 26 heavy (non-hydrogen) atoms. The predicted molar refractivity (Wildman–Crippen MR) is 86.6 cm³/mol. The van der Waals surface area contributed by atoms with E-state index < -0.39 is 59.8 Å². The summed E-state index contributed by atoms with van der Waals surface area (Å²) in [7, 11) is 0. The third kappa shape index (κ3) is 2.49. The van der Waals surface area contributed by atoms with Gasteiger partial charge in [-0.15, -0.1) is 0 Å². The second kappa shape index (κ2) is 5.81. The monoisotopic (exact) mass is 360 g/mol. The van der Waals surface area contributed by atoms with E-state index in [1.54, 1.807) is 13.8 Å². The molecule has 0 aromatic heterocycles. The van der Waals surface area contributed by atoms with Gasteiger partial charge in [-0.1, -0.05) is 30.3 Å². The van der Waals surface area contributed by atoms with Gasteiger partial charge in [-0.25, -0.2) is 0 Å². The highest BCUT2D eigenvalue weighted by Gasteiger charge is 2.72. The summed E-state index contributed by atoms with van der Waals surface area (Å²) in [4.78, 5) is 36.6. The molecule has 7 heteroatoms. The van der Waals surface area contributed by atoms with Gasteiger partial charge in [0.1, 0.15) is 29.6 Å². The summed E-state index contributed by atoms with van der Waals surface area (Å²) in [6, 6.07) is 9.34. The number of rotatable bonds is 4. The Kier molecular flexibility index (Phi) is 3.80. The molecule has 7 nitrogen and oxygen atoms in total. The van der Waals surface area contributed by atoms with Crippen molar-refractivity contribution in [3.05, 3.63) is 35.9 Å². The minimum atomic E-state index is -0.876. The lowest BCUT2D eigenvalue weighted by Crippen LogP contribution is -2.48. The number of esters is 3. The Balaban J connectivity index is 1.58. The van der Waals surface area contributed by atoms with Crippen LogP contribution in [0.1, 0.15) is 26.3 Å². The molecule has 2 bridgehead atoms. The van der Waals surface area contributed by atoms with Crippen LogP contribution in [-0.2, 0) is 38.9 Å². The fourth-order valence-corrected chi connectivity index (χ4v) is 4.15. The molecule has 3 fully saturated rings. The molecule has 138 valence electrons. The number of hydrogen-bond donors (Lipinski definition) is 0. The van der Waals surface area contributed by atoms with E-state index in [0.717, 1.165) is 5.56 Å². The van der Waals surface area contributed by atoms with Crippen LogP contribution in [0, 0.1) is 11.8 Å². The Morgan fingerprint density at radius 2 is 1.77 bits per heavy atom. The van der Waals surface area contributed by atoms with Gasteiger partial charge >= 0.3 is 17.9 Å². The van der Waals surface area contributed by atoms with Gasteiger partial charge in [0.15, 0.2) is 12.2 Å². The molecule has 3 aliphatic heterocycles. The van der Waals surface area contributed by atoms with Crippen LogP contribution >= 0.6 is 0 Å². The summed E-state index contributed by atoms with van der Waals surface area (Å²) in [5.41, 5.74) is -0.0419. The predicted octanol–water partition coefficient (Wildman–Crippen LogP) is 1.34. The number of carbonyl (C=O) groups excluding carboxylic acids is 3. The van der Waals surface area contributed by atoms with Gasteiger partial charge in [0.2, 0.25) is 0 Å². The zero-order valence-corrected chi connectivity index (χ0v) is 14.7. The van der Waals surface area contributed by atoms with Gasteiger partial charge in [0, 0.05) is 6.92 Å². The normalized spacial score (nSPS) is 34.5. The van der Waals surface area contributed by atoms with Crippen LogP contribution in [0.2, 0.25) is 0 Å². The van der Waals surface area contributed by atoms with E-state index in [9.17, 15) is 14.4 Å². The zero-order valence-electron chi connectivity index (χ0n) is 14.7. The molecule has 3 aliphatic rings. The summed E-state index contributed by atoms with van der Waals surface area (Å²) >= 11 is 0. The second-order valence-corrected chi connectivity index (χ2v) is 7.39. The van der Waals surface area contributed by atoms with Crippen LogP contribution in [-0.4, -0.2) is 42.3 Å². The first kappa shape index (κ1) is 17.0. The van der Waals surface area contributed by atoms with Gasteiger partial charge in [-0.2, -0.15) is 0 Å². The summed E-state index contributed by atoms with van der Waals surface area (Å²) in [5.74, 6) is -3.13. The molecule has 6 unspecified atom stereocenters. The third-order valence-corrected chi connectivity index (χ3v) is 5.30. The van der Waals surface area contributed by atoms with Crippen molar-refractivity contribution in [3.63, 3.8) is 0 Å². The number of carbonyl (C=O) groups is 3. The van der Waals surface area contributed by atoms with Crippen LogP contribution in [0.25, 0.3) is 0 Å². The van der Waals surface area contributed by atoms with Gasteiger partial charge in [-0.05, 0) is 19.4 Å². The standard InChI is InChI=1S/C19H20O7/c1-9(20)23-15-14-12(11-13(24-14)16(15)25-17(11)21)18(22)26-19(2,3)10-7-5-4-6-8-10/h4-8,11-16H,1-3H3. The maximum Gasteiger partial charge on any atom is 0.313 e. The Morgan fingerprint density at radius 1 is 1.08 bits per heavy atom. The largest absolute Gasteiger partial charge is 0.456 e. The van der Waals surface area contributed by atoms with Crippen LogP contribution in [0.5, 0.6) is 0 Å². The first-order chi connectivity index (χ1) is 12.3. The average Bonchev–Trinajstić information content (AvgIpc) is 3.18. The van der Waals surface area contributed by atoms with Crippen molar-refractivity contribution in [1.29, 1.82) is 0 Å². The first-order valence-corrected chi connectivity index (χ1v) is 8.61. The fraction of sp³-hybridized carbons (Fsp3) is 0.526. The van der Waals surface area contributed by atoms with E-state index in [0.29, 0.717) is 0 Å². The van der Waals surface area contributed by atoms with E-state index in [-0.39, 0.29) is 0 Å². The number of hydrogen-bond acceptors (Lipinski definition) is 7.